The molecule has 5 rings (SSSR count). The standard InChI is InChI=1S/C23H17BrN2O3/c24-17-5-3-16(4-6-17)20-13-28-23-18(22(20)27)7-8-21-19(23)12-26(14-29-21)11-15-2-1-9-25-10-15/h1-10,13H,11-12,14H2. The lowest BCUT2D eigenvalue weighted by molar-refractivity contribution is 0.0889. The van der Waals surface area contributed by atoms with E-state index in [1.165, 1.54) is 0 Å². The Morgan fingerprint density at radius 1 is 1.10 bits per heavy atom. The van der Waals surface area contributed by atoms with Gasteiger partial charge in [-0.15, -0.1) is 0 Å². The van der Waals surface area contributed by atoms with Crippen molar-refractivity contribution in [2.45, 2.75) is 13.1 Å². The SMILES string of the molecule is O=c1c(-c2ccc(Br)cc2)coc2c3c(ccc12)OCN(Cc1cccnc1)C3. The molecule has 0 unspecified atom stereocenters. The van der Waals surface area contributed by atoms with Crippen LogP contribution in [-0.4, -0.2) is 16.6 Å². The van der Waals surface area contributed by atoms with Gasteiger partial charge in [0.25, 0.3) is 0 Å². The third-order valence-electron chi connectivity index (χ3n) is 5.07. The minimum Gasteiger partial charge on any atom is -0.478 e. The predicted octanol–water partition coefficient (Wildman–Crippen LogP) is 4.97. The highest BCUT2D eigenvalue weighted by Gasteiger charge is 2.23. The van der Waals surface area contributed by atoms with Crippen LogP contribution < -0.4 is 10.2 Å². The summed E-state index contributed by atoms with van der Waals surface area (Å²) in [5.41, 5.74) is 3.94. The van der Waals surface area contributed by atoms with Crippen LogP contribution in [0.2, 0.25) is 0 Å². The smallest absolute Gasteiger partial charge is 0.200 e. The number of ether oxygens (including phenoxy) is 1. The van der Waals surface area contributed by atoms with E-state index in [2.05, 4.69) is 25.8 Å². The molecule has 5 nitrogen and oxygen atoms in total. The molecule has 0 saturated carbocycles. The van der Waals surface area contributed by atoms with Crippen molar-refractivity contribution in [1.29, 1.82) is 0 Å². The number of fused-ring (bicyclic) bond motifs is 3. The number of benzene rings is 2. The van der Waals surface area contributed by atoms with Crippen molar-refractivity contribution >= 4 is 26.9 Å². The number of hydrogen-bond donors (Lipinski definition) is 0. The van der Waals surface area contributed by atoms with Gasteiger partial charge in [0.05, 0.1) is 16.5 Å². The van der Waals surface area contributed by atoms with E-state index >= 15 is 0 Å². The lowest BCUT2D eigenvalue weighted by atomic mass is 10.0. The van der Waals surface area contributed by atoms with E-state index in [0.717, 1.165) is 26.9 Å². The topological polar surface area (TPSA) is 55.6 Å². The van der Waals surface area contributed by atoms with E-state index in [9.17, 15) is 4.79 Å². The van der Waals surface area contributed by atoms with Gasteiger partial charge in [0.15, 0.2) is 0 Å². The second-order valence-electron chi connectivity index (χ2n) is 7.03. The fourth-order valence-corrected chi connectivity index (χ4v) is 3.90. The average Bonchev–Trinajstić information content (AvgIpc) is 2.75. The highest BCUT2D eigenvalue weighted by molar-refractivity contribution is 9.10. The molecular formula is C23H17BrN2O3. The van der Waals surface area contributed by atoms with Crippen molar-refractivity contribution in [3.05, 3.63) is 93.0 Å². The van der Waals surface area contributed by atoms with Crippen molar-refractivity contribution in [2.24, 2.45) is 0 Å². The summed E-state index contributed by atoms with van der Waals surface area (Å²) in [5.74, 6) is 0.763. The van der Waals surface area contributed by atoms with E-state index in [0.29, 0.717) is 36.4 Å². The quantitative estimate of drug-likeness (QED) is 0.442. The van der Waals surface area contributed by atoms with Gasteiger partial charge in [-0.1, -0.05) is 34.1 Å². The highest BCUT2D eigenvalue weighted by atomic mass is 79.9. The van der Waals surface area contributed by atoms with Crippen LogP contribution in [0.25, 0.3) is 22.1 Å². The first-order chi connectivity index (χ1) is 14.2. The number of nitrogens with zero attached hydrogens (tertiary/aromatic N) is 2. The molecule has 0 atom stereocenters. The number of aromatic nitrogens is 1. The molecule has 0 aliphatic carbocycles. The van der Waals surface area contributed by atoms with Crippen LogP contribution in [0.5, 0.6) is 5.75 Å². The molecular weight excluding hydrogens is 432 g/mol. The van der Waals surface area contributed by atoms with Crippen molar-refractivity contribution in [1.82, 2.24) is 9.88 Å². The molecule has 0 fully saturated rings. The van der Waals surface area contributed by atoms with Gasteiger partial charge in [0.2, 0.25) is 5.43 Å². The molecule has 144 valence electrons. The Hall–Kier alpha value is -2.96. The predicted molar refractivity (Wildman–Crippen MR) is 115 cm³/mol. The second kappa shape index (κ2) is 7.46. The Morgan fingerprint density at radius 3 is 2.76 bits per heavy atom. The van der Waals surface area contributed by atoms with E-state index < -0.39 is 0 Å². The lowest BCUT2D eigenvalue weighted by Crippen LogP contribution is -2.31. The van der Waals surface area contributed by atoms with Gasteiger partial charge in [-0.2, -0.15) is 0 Å². The maximum atomic E-state index is 13.1. The van der Waals surface area contributed by atoms with Crippen molar-refractivity contribution in [3.8, 4) is 16.9 Å². The minimum atomic E-state index is -0.0410. The molecule has 6 heteroatoms. The monoisotopic (exact) mass is 448 g/mol. The zero-order valence-corrected chi connectivity index (χ0v) is 17.1. The van der Waals surface area contributed by atoms with Gasteiger partial charge in [-0.05, 0) is 41.5 Å². The molecule has 2 aromatic heterocycles. The van der Waals surface area contributed by atoms with Crippen LogP contribution >= 0.6 is 15.9 Å². The van der Waals surface area contributed by atoms with Crippen LogP contribution in [0.1, 0.15) is 11.1 Å². The summed E-state index contributed by atoms with van der Waals surface area (Å²) in [6, 6.07) is 15.2. The molecule has 4 aromatic rings. The van der Waals surface area contributed by atoms with Crippen LogP contribution in [0.4, 0.5) is 0 Å². The summed E-state index contributed by atoms with van der Waals surface area (Å²) in [4.78, 5) is 19.5. The maximum absolute atomic E-state index is 13.1. The number of hydrogen-bond acceptors (Lipinski definition) is 5. The molecule has 0 bridgehead atoms. The molecule has 0 N–H and O–H groups in total. The fourth-order valence-electron chi connectivity index (χ4n) is 3.63. The van der Waals surface area contributed by atoms with Crippen molar-refractivity contribution in [3.63, 3.8) is 0 Å². The molecule has 0 saturated heterocycles. The maximum Gasteiger partial charge on any atom is 0.200 e. The first-order valence-electron chi connectivity index (χ1n) is 9.26. The Balaban J connectivity index is 1.53. The van der Waals surface area contributed by atoms with Crippen LogP contribution in [0.15, 0.2) is 80.9 Å². The van der Waals surface area contributed by atoms with Gasteiger partial charge in [-0.25, -0.2) is 0 Å². The molecule has 0 amide bonds. The summed E-state index contributed by atoms with van der Waals surface area (Å²) < 4.78 is 12.9. The summed E-state index contributed by atoms with van der Waals surface area (Å²) in [6.07, 6.45) is 5.16. The molecule has 0 radical (unpaired) electrons. The Kier molecular flexibility index (Phi) is 4.66. The average molecular weight is 449 g/mol. The number of rotatable bonds is 3. The normalized spacial score (nSPS) is 13.8. The third-order valence-corrected chi connectivity index (χ3v) is 5.60. The zero-order valence-electron chi connectivity index (χ0n) is 15.5. The van der Waals surface area contributed by atoms with Crippen LogP contribution in [-0.2, 0) is 13.1 Å². The summed E-state index contributed by atoms with van der Waals surface area (Å²) >= 11 is 3.42. The van der Waals surface area contributed by atoms with Gasteiger partial charge < -0.3 is 9.15 Å². The molecule has 0 spiro atoms. The lowest BCUT2D eigenvalue weighted by Gasteiger charge is -2.29. The van der Waals surface area contributed by atoms with Crippen LogP contribution in [0, 0.1) is 0 Å². The molecule has 2 aromatic carbocycles. The second-order valence-corrected chi connectivity index (χ2v) is 7.94. The van der Waals surface area contributed by atoms with Gasteiger partial charge in [0, 0.05) is 30.0 Å². The Bertz CT molecular complexity index is 1240. The largest absolute Gasteiger partial charge is 0.478 e. The van der Waals surface area contributed by atoms with Crippen molar-refractivity contribution < 1.29 is 9.15 Å². The Morgan fingerprint density at radius 2 is 1.97 bits per heavy atom. The summed E-state index contributed by atoms with van der Waals surface area (Å²) in [5, 5.41) is 0.566. The molecule has 3 heterocycles. The number of pyridine rings is 1. The third kappa shape index (κ3) is 3.45. The molecule has 1 aliphatic rings. The van der Waals surface area contributed by atoms with Crippen molar-refractivity contribution in [2.75, 3.05) is 6.73 Å². The Labute approximate surface area is 175 Å². The van der Waals surface area contributed by atoms with E-state index in [4.69, 9.17) is 9.15 Å². The first-order valence-corrected chi connectivity index (χ1v) is 10.1. The van der Waals surface area contributed by atoms with E-state index in [1.807, 2.05) is 48.7 Å². The van der Waals surface area contributed by atoms with Gasteiger partial charge in [0.1, 0.15) is 24.3 Å². The highest BCUT2D eigenvalue weighted by Crippen LogP contribution is 2.33. The fraction of sp³-hybridized carbons (Fsp3) is 0.130. The molecule has 1 aliphatic heterocycles. The van der Waals surface area contributed by atoms with Gasteiger partial charge >= 0.3 is 0 Å². The zero-order chi connectivity index (χ0) is 19.8. The first kappa shape index (κ1) is 18.1. The van der Waals surface area contributed by atoms with E-state index in [-0.39, 0.29) is 5.43 Å². The van der Waals surface area contributed by atoms with Gasteiger partial charge in [-0.3, -0.25) is 14.7 Å². The molecule has 29 heavy (non-hydrogen) atoms. The summed E-state index contributed by atoms with van der Waals surface area (Å²) in [6.45, 7) is 1.83. The van der Waals surface area contributed by atoms with E-state index in [1.54, 1.807) is 18.5 Å². The summed E-state index contributed by atoms with van der Waals surface area (Å²) in [7, 11) is 0. The minimum absolute atomic E-state index is 0.0410. The number of halogens is 1. The van der Waals surface area contributed by atoms with Crippen LogP contribution in [0.3, 0.4) is 0 Å².